The predicted octanol–water partition coefficient (Wildman–Crippen LogP) is 2.67. The smallest absolute Gasteiger partial charge is 0.245 e. The first-order valence-corrected chi connectivity index (χ1v) is 6.89. The highest BCUT2D eigenvalue weighted by Crippen LogP contribution is 2.26. The Balaban J connectivity index is 1.99. The van der Waals surface area contributed by atoms with E-state index >= 15 is 0 Å². The molecule has 18 heavy (non-hydrogen) atoms. The van der Waals surface area contributed by atoms with Crippen LogP contribution in [0.1, 0.15) is 32.3 Å². The lowest BCUT2D eigenvalue weighted by molar-refractivity contribution is -0.131. The van der Waals surface area contributed by atoms with Gasteiger partial charge in [0, 0.05) is 25.2 Å². The van der Waals surface area contributed by atoms with Crippen LogP contribution in [0.3, 0.4) is 0 Å². The Morgan fingerprint density at radius 1 is 1.39 bits per heavy atom. The van der Waals surface area contributed by atoms with Crippen molar-refractivity contribution in [2.24, 2.45) is 0 Å². The van der Waals surface area contributed by atoms with Gasteiger partial charge in [-0.05, 0) is 25.0 Å². The minimum atomic E-state index is -0.0702. The number of carbonyl (C=O) groups is 1. The average molecular weight is 246 g/mol. The quantitative estimate of drug-likeness (QED) is 0.866. The van der Waals surface area contributed by atoms with Crippen LogP contribution in [0.25, 0.3) is 0 Å². The Kier molecular flexibility index (Phi) is 4.24. The maximum absolute atomic E-state index is 12.4. The molecule has 0 saturated heterocycles. The number of rotatable bonds is 5. The van der Waals surface area contributed by atoms with Gasteiger partial charge in [-0.25, -0.2) is 0 Å². The molecule has 1 atom stereocenters. The number of anilines is 1. The summed E-state index contributed by atoms with van der Waals surface area (Å²) in [6, 6.07) is 8.11. The summed E-state index contributed by atoms with van der Waals surface area (Å²) in [6.07, 6.45) is 3.03. The van der Waals surface area contributed by atoms with Gasteiger partial charge >= 0.3 is 0 Å². The number of nitrogens with zero attached hydrogens (tertiary/aromatic N) is 1. The third-order valence-electron chi connectivity index (χ3n) is 3.54. The number of hydrogen-bond acceptors (Lipinski definition) is 2. The number of benzene rings is 1. The molecule has 3 nitrogen and oxygen atoms in total. The zero-order chi connectivity index (χ0) is 13.0. The molecule has 1 aromatic carbocycles. The molecule has 0 radical (unpaired) electrons. The second kappa shape index (κ2) is 5.89. The first-order valence-electron chi connectivity index (χ1n) is 6.89. The first-order chi connectivity index (χ1) is 8.76. The van der Waals surface area contributed by atoms with E-state index in [1.165, 1.54) is 5.56 Å². The molecule has 0 bridgehead atoms. The van der Waals surface area contributed by atoms with Gasteiger partial charge < -0.3 is 10.2 Å². The SMILES string of the molecule is CCCCN(CC)C(=O)[C@@H]1Cc2ccccc2N1. The van der Waals surface area contributed by atoms with Crippen LogP contribution in [0, 0.1) is 0 Å². The van der Waals surface area contributed by atoms with E-state index in [1.54, 1.807) is 0 Å². The molecule has 3 heteroatoms. The molecule has 0 spiro atoms. The van der Waals surface area contributed by atoms with Crippen molar-refractivity contribution in [1.82, 2.24) is 4.90 Å². The second-order valence-corrected chi connectivity index (χ2v) is 4.83. The lowest BCUT2D eigenvalue weighted by Crippen LogP contribution is -2.42. The summed E-state index contributed by atoms with van der Waals surface area (Å²) in [6.45, 7) is 5.88. The lowest BCUT2D eigenvalue weighted by atomic mass is 10.1. The molecule has 1 aliphatic heterocycles. The monoisotopic (exact) mass is 246 g/mol. The molecule has 2 rings (SSSR count). The maximum Gasteiger partial charge on any atom is 0.245 e. The fourth-order valence-corrected chi connectivity index (χ4v) is 2.44. The summed E-state index contributed by atoms with van der Waals surface area (Å²) in [5.41, 5.74) is 2.37. The number of nitrogens with one attached hydrogen (secondary N) is 1. The normalized spacial score (nSPS) is 17.1. The van der Waals surface area contributed by atoms with Gasteiger partial charge in [-0.15, -0.1) is 0 Å². The first kappa shape index (κ1) is 12.9. The number of fused-ring (bicyclic) bond motifs is 1. The van der Waals surface area contributed by atoms with E-state index in [1.807, 2.05) is 23.1 Å². The van der Waals surface area contributed by atoms with E-state index in [4.69, 9.17) is 0 Å². The van der Waals surface area contributed by atoms with Gasteiger partial charge in [0.1, 0.15) is 6.04 Å². The van der Waals surface area contributed by atoms with Gasteiger partial charge in [0.2, 0.25) is 5.91 Å². The Labute approximate surface area is 109 Å². The number of likely N-dealkylation sites (N-methyl/N-ethyl adjacent to an activating group) is 1. The summed E-state index contributed by atoms with van der Waals surface area (Å²) in [4.78, 5) is 14.4. The van der Waals surface area contributed by atoms with Crippen molar-refractivity contribution in [3.8, 4) is 0 Å². The van der Waals surface area contributed by atoms with Gasteiger partial charge in [0.05, 0.1) is 0 Å². The van der Waals surface area contributed by atoms with Crippen molar-refractivity contribution in [2.45, 2.75) is 39.2 Å². The van der Waals surface area contributed by atoms with Crippen molar-refractivity contribution in [1.29, 1.82) is 0 Å². The van der Waals surface area contributed by atoms with Crippen LogP contribution in [-0.2, 0) is 11.2 Å². The molecule has 1 amide bonds. The molecule has 98 valence electrons. The molecule has 1 heterocycles. The Morgan fingerprint density at radius 2 is 2.17 bits per heavy atom. The highest BCUT2D eigenvalue weighted by molar-refractivity contribution is 5.87. The van der Waals surface area contributed by atoms with Crippen LogP contribution in [-0.4, -0.2) is 29.9 Å². The van der Waals surface area contributed by atoms with Gasteiger partial charge in [0.25, 0.3) is 0 Å². The fourth-order valence-electron chi connectivity index (χ4n) is 2.44. The van der Waals surface area contributed by atoms with Crippen molar-refractivity contribution in [3.63, 3.8) is 0 Å². The number of carbonyl (C=O) groups excluding carboxylic acids is 1. The van der Waals surface area contributed by atoms with Crippen molar-refractivity contribution >= 4 is 11.6 Å². The van der Waals surface area contributed by atoms with E-state index in [-0.39, 0.29) is 11.9 Å². The molecular formula is C15H22N2O. The molecular weight excluding hydrogens is 224 g/mol. The summed E-state index contributed by atoms with van der Waals surface area (Å²) >= 11 is 0. The van der Waals surface area contributed by atoms with E-state index in [9.17, 15) is 4.79 Å². The lowest BCUT2D eigenvalue weighted by Gasteiger charge is -2.24. The van der Waals surface area contributed by atoms with Crippen LogP contribution >= 0.6 is 0 Å². The second-order valence-electron chi connectivity index (χ2n) is 4.83. The highest BCUT2D eigenvalue weighted by Gasteiger charge is 2.28. The number of unbranched alkanes of at least 4 members (excludes halogenated alkanes) is 1. The Morgan fingerprint density at radius 3 is 2.83 bits per heavy atom. The van der Waals surface area contributed by atoms with E-state index < -0.39 is 0 Å². The van der Waals surface area contributed by atoms with Crippen molar-refractivity contribution in [2.75, 3.05) is 18.4 Å². The molecule has 0 aromatic heterocycles. The summed E-state index contributed by atoms with van der Waals surface area (Å²) in [5, 5.41) is 3.33. The zero-order valence-corrected chi connectivity index (χ0v) is 11.3. The third-order valence-corrected chi connectivity index (χ3v) is 3.54. The van der Waals surface area contributed by atoms with E-state index in [0.717, 1.165) is 38.0 Å². The fraction of sp³-hybridized carbons (Fsp3) is 0.533. The minimum Gasteiger partial charge on any atom is -0.373 e. The molecule has 0 saturated carbocycles. The van der Waals surface area contributed by atoms with Gasteiger partial charge in [0.15, 0.2) is 0 Å². The largest absolute Gasteiger partial charge is 0.373 e. The number of amides is 1. The Hall–Kier alpha value is -1.51. The molecule has 0 fully saturated rings. The molecule has 1 aromatic rings. The van der Waals surface area contributed by atoms with E-state index in [0.29, 0.717) is 0 Å². The molecule has 1 N–H and O–H groups in total. The van der Waals surface area contributed by atoms with Crippen molar-refractivity contribution in [3.05, 3.63) is 29.8 Å². The highest BCUT2D eigenvalue weighted by atomic mass is 16.2. The van der Waals surface area contributed by atoms with E-state index in [2.05, 4.69) is 25.2 Å². The van der Waals surface area contributed by atoms with Gasteiger partial charge in [-0.2, -0.15) is 0 Å². The standard InChI is InChI=1S/C15H22N2O/c1-3-5-10-17(4-2)15(18)14-11-12-8-6-7-9-13(12)16-14/h6-9,14,16H,3-5,10-11H2,1-2H3/t14-/m0/s1. The average Bonchev–Trinajstić information content (AvgIpc) is 2.83. The van der Waals surface area contributed by atoms with Crippen LogP contribution < -0.4 is 5.32 Å². The van der Waals surface area contributed by atoms with Crippen LogP contribution in [0.15, 0.2) is 24.3 Å². The Bertz CT molecular complexity index is 392. The van der Waals surface area contributed by atoms with Gasteiger partial charge in [-0.3, -0.25) is 4.79 Å². The minimum absolute atomic E-state index is 0.0702. The number of para-hydroxylation sites is 1. The summed E-state index contributed by atoms with van der Waals surface area (Å²) in [5.74, 6) is 0.238. The topological polar surface area (TPSA) is 32.3 Å². The number of hydrogen-bond donors (Lipinski definition) is 1. The van der Waals surface area contributed by atoms with Gasteiger partial charge in [-0.1, -0.05) is 31.5 Å². The van der Waals surface area contributed by atoms with Crippen LogP contribution in [0.5, 0.6) is 0 Å². The maximum atomic E-state index is 12.4. The van der Waals surface area contributed by atoms with Crippen molar-refractivity contribution < 1.29 is 4.79 Å². The van der Waals surface area contributed by atoms with Crippen LogP contribution in [0.4, 0.5) is 5.69 Å². The third kappa shape index (κ3) is 2.66. The molecule has 0 unspecified atom stereocenters. The zero-order valence-electron chi connectivity index (χ0n) is 11.3. The predicted molar refractivity (Wildman–Crippen MR) is 74.7 cm³/mol. The molecule has 1 aliphatic rings. The molecule has 0 aliphatic carbocycles. The summed E-state index contributed by atoms with van der Waals surface area (Å²) in [7, 11) is 0. The van der Waals surface area contributed by atoms with Crippen LogP contribution in [0.2, 0.25) is 0 Å². The summed E-state index contributed by atoms with van der Waals surface area (Å²) < 4.78 is 0.